The van der Waals surface area contributed by atoms with Gasteiger partial charge in [0.15, 0.2) is 0 Å². The van der Waals surface area contributed by atoms with Gasteiger partial charge in [-0.05, 0) is 61.7 Å². The highest BCUT2D eigenvalue weighted by molar-refractivity contribution is 5.14. The summed E-state index contributed by atoms with van der Waals surface area (Å²) < 4.78 is 6.33. The summed E-state index contributed by atoms with van der Waals surface area (Å²) in [6, 6.07) is 0. The summed E-state index contributed by atoms with van der Waals surface area (Å²) in [5.41, 5.74) is 0.899. The Bertz CT molecular complexity index is 378. The first kappa shape index (κ1) is 14.8. The molecule has 20 heavy (non-hydrogen) atoms. The van der Waals surface area contributed by atoms with Crippen molar-refractivity contribution in [2.45, 2.75) is 84.8 Å². The molecule has 0 aliphatic heterocycles. The fourth-order valence-electron chi connectivity index (χ4n) is 6.00. The van der Waals surface area contributed by atoms with Crippen molar-refractivity contribution < 1.29 is 9.84 Å². The van der Waals surface area contributed by atoms with Crippen molar-refractivity contribution in [1.29, 1.82) is 0 Å². The first-order valence-corrected chi connectivity index (χ1v) is 8.64. The van der Waals surface area contributed by atoms with Gasteiger partial charge in [-0.1, -0.05) is 27.7 Å². The molecule has 3 aliphatic rings. The van der Waals surface area contributed by atoms with E-state index in [0.29, 0.717) is 16.9 Å². The molecule has 3 rings (SSSR count). The summed E-state index contributed by atoms with van der Waals surface area (Å²) in [6.45, 7) is 10.3. The standard InChI is InChI=1S/C18H32O2/c1-5-10-20-15-11-16(2,3)13-6-8-17(4)12-18(13,15)9-7-14(17)19/h13-15,19H,5-12H2,1-4H3/t13-,14+,15-,17+,18-/m0/s1. The minimum absolute atomic E-state index is 0.0930. The largest absolute Gasteiger partial charge is 0.393 e. The van der Waals surface area contributed by atoms with Gasteiger partial charge in [0.2, 0.25) is 0 Å². The number of hydrogen-bond acceptors (Lipinski definition) is 2. The highest BCUT2D eigenvalue weighted by atomic mass is 16.5. The Morgan fingerprint density at radius 3 is 2.60 bits per heavy atom. The number of hydrogen-bond donors (Lipinski definition) is 1. The molecule has 2 heteroatoms. The molecule has 0 saturated heterocycles. The lowest BCUT2D eigenvalue weighted by Crippen LogP contribution is -2.54. The van der Waals surface area contributed by atoms with E-state index in [2.05, 4.69) is 27.7 Å². The molecular formula is C18H32O2. The zero-order valence-electron chi connectivity index (χ0n) is 13.7. The van der Waals surface area contributed by atoms with Crippen LogP contribution in [0.25, 0.3) is 0 Å². The molecule has 0 aromatic carbocycles. The summed E-state index contributed by atoms with van der Waals surface area (Å²) in [7, 11) is 0. The van der Waals surface area contributed by atoms with Gasteiger partial charge in [0.05, 0.1) is 12.2 Å². The van der Waals surface area contributed by atoms with Crippen LogP contribution in [0.15, 0.2) is 0 Å². The van der Waals surface area contributed by atoms with E-state index in [1.165, 1.54) is 32.1 Å². The maximum absolute atomic E-state index is 10.4. The SMILES string of the molecule is CCCO[C@H]1CC(C)(C)[C@@H]2CC[C@]3(C)C[C@]12CC[C@H]3O. The van der Waals surface area contributed by atoms with Gasteiger partial charge in [-0.3, -0.25) is 0 Å². The first-order chi connectivity index (χ1) is 9.34. The molecule has 0 aromatic rings. The second-order valence-corrected chi connectivity index (χ2v) is 8.76. The Morgan fingerprint density at radius 1 is 1.15 bits per heavy atom. The van der Waals surface area contributed by atoms with Crippen molar-refractivity contribution in [2.75, 3.05) is 6.61 Å². The van der Waals surface area contributed by atoms with Crippen LogP contribution in [0.2, 0.25) is 0 Å². The maximum atomic E-state index is 10.4. The monoisotopic (exact) mass is 280 g/mol. The third-order valence-electron chi connectivity index (χ3n) is 6.94. The van der Waals surface area contributed by atoms with Gasteiger partial charge in [0, 0.05) is 12.0 Å². The molecule has 2 bridgehead atoms. The number of aliphatic hydroxyl groups is 1. The quantitative estimate of drug-likeness (QED) is 0.841. The fraction of sp³-hybridized carbons (Fsp3) is 1.00. The normalized spacial score (nSPS) is 50.0. The molecule has 0 unspecified atom stereocenters. The van der Waals surface area contributed by atoms with Gasteiger partial charge >= 0.3 is 0 Å². The van der Waals surface area contributed by atoms with Crippen LogP contribution in [-0.2, 0) is 4.74 Å². The Balaban J connectivity index is 1.92. The van der Waals surface area contributed by atoms with Crippen LogP contribution in [0.1, 0.15) is 72.6 Å². The average Bonchev–Trinajstić information content (AvgIpc) is 2.59. The number of ether oxygens (including phenoxy) is 1. The van der Waals surface area contributed by atoms with Crippen LogP contribution in [0.4, 0.5) is 0 Å². The number of rotatable bonds is 3. The molecule has 116 valence electrons. The summed E-state index contributed by atoms with van der Waals surface area (Å²) >= 11 is 0. The van der Waals surface area contributed by atoms with Crippen molar-refractivity contribution in [2.24, 2.45) is 22.2 Å². The molecule has 0 heterocycles. The van der Waals surface area contributed by atoms with Crippen LogP contribution in [0, 0.1) is 22.2 Å². The minimum atomic E-state index is -0.0930. The number of aliphatic hydroxyl groups excluding tert-OH is 1. The van der Waals surface area contributed by atoms with Gasteiger partial charge in [-0.25, -0.2) is 0 Å². The molecule has 0 aromatic heterocycles. The number of fused-ring (bicyclic) bond motifs is 1. The van der Waals surface area contributed by atoms with E-state index >= 15 is 0 Å². The van der Waals surface area contributed by atoms with Crippen LogP contribution in [0.5, 0.6) is 0 Å². The van der Waals surface area contributed by atoms with E-state index in [-0.39, 0.29) is 11.5 Å². The summed E-state index contributed by atoms with van der Waals surface area (Å²) in [4.78, 5) is 0. The Morgan fingerprint density at radius 2 is 1.90 bits per heavy atom. The van der Waals surface area contributed by atoms with Crippen LogP contribution >= 0.6 is 0 Å². The lowest BCUT2D eigenvalue weighted by molar-refractivity contribution is -0.156. The molecule has 0 radical (unpaired) electrons. The van der Waals surface area contributed by atoms with E-state index < -0.39 is 0 Å². The third kappa shape index (κ3) is 1.98. The molecule has 5 atom stereocenters. The van der Waals surface area contributed by atoms with E-state index in [9.17, 15) is 5.11 Å². The molecule has 3 fully saturated rings. The highest BCUT2D eigenvalue weighted by Crippen LogP contribution is 2.69. The fourth-order valence-corrected chi connectivity index (χ4v) is 6.00. The van der Waals surface area contributed by atoms with Gasteiger partial charge in [0.1, 0.15) is 0 Å². The van der Waals surface area contributed by atoms with E-state index in [4.69, 9.17) is 4.74 Å². The minimum Gasteiger partial charge on any atom is -0.393 e. The Kier molecular flexibility index (Phi) is 3.49. The molecular weight excluding hydrogens is 248 g/mol. The third-order valence-corrected chi connectivity index (χ3v) is 6.94. The van der Waals surface area contributed by atoms with Crippen LogP contribution in [0.3, 0.4) is 0 Å². The predicted octanol–water partition coefficient (Wildman–Crippen LogP) is 4.16. The smallest absolute Gasteiger partial charge is 0.0639 e. The molecule has 0 amide bonds. The van der Waals surface area contributed by atoms with Crippen molar-refractivity contribution in [1.82, 2.24) is 0 Å². The van der Waals surface area contributed by atoms with E-state index in [1.807, 2.05) is 0 Å². The summed E-state index contributed by atoms with van der Waals surface area (Å²) in [5.74, 6) is 0.789. The Hall–Kier alpha value is -0.0800. The first-order valence-electron chi connectivity index (χ1n) is 8.64. The highest BCUT2D eigenvalue weighted by Gasteiger charge is 2.65. The van der Waals surface area contributed by atoms with Crippen molar-refractivity contribution >= 4 is 0 Å². The summed E-state index contributed by atoms with van der Waals surface area (Å²) in [5, 5.41) is 10.4. The lowest BCUT2D eigenvalue weighted by Gasteiger charge is -2.58. The van der Waals surface area contributed by atoms with Crippen LogP contribution in [-0.4, -0.2) is 23.9 Å². The van der Waals surface area contributed by atoms with Gasteiger partial charge < -0.3 is 9.84 Å². The second-order valence-electron chi connectivity index (χ2n) is 8.76. The van der Waals surface area contributed by atoms with Crippen molar-refractivity contribution in [3.8, 4) is 0 Å². The zero-order valence-corrected chi connectivity index (χ0v) is 13.7. The van der Waals surface area contributed by atoms with Gasteiger partial charge in [0.25, 0.3) is 0 Å². The average molecular weight is 280 g/mol. The maximum Gasteiger partial charge on any atom is 0.0639 e. The predicted molar refractivity (Wildman–Crippen MR) is 81.6 cm³/mol. The second kappa shape index (κ2) is 4.71. The van der Waals surface area contributed by atoms with Crippen molar-refractivity contribution in [3.63, 3.8) is 0 Å². The van der Waals surface area contributed by atoms with Gasteiger partial charge in [-0.15, -0.1) is 0 Å². The van der Waals surface area contributed by atoms with Gasteiger partial charge in [-0.2, -0.15) is 0 Å². The zero-order chi connectivity index (χ0) is 14.6. The Labute approximate surface area is 124 Å². The molecule has 3 saturated carbocycles. The molecule has 3 aliphatic carbocycles. The van der Waals surface area contributed by atoms with E-state index in [0.717, 1.165) is 25.4 Å². The van der Waals surface area contributed by atoms with Crippen molar-refractivity contribution in [3.05, 3.63) is 0 Å². The van der Waals surface area contributed by atoms with Crippen LogP contribution < -0.4 is 0 Å². The molecule has 1 spiro atoms. The lowest BCUT2D eigenvalue weighted by atomic mass is 9.49. The summed E-state index contributed by atoms with van der Waals surface area (Å²) in [6.07, 6.45) is 8.47. The molecule has 1 N–H and O–H groups in total. The topological polar surface area (TPSA) is 29.5 Å². The van der Waals surface area contributed by atoms with E-state index in [1.54, 1.807) is 0 Å². The molecule has 2 nitrogen and oxygen atoms in total.